The number of halogens is 2. The zero-order valence-electron chi connectivity index (χ0n) is 13.3. The van der Waals surface area contributed by atoms with Crippen LogP contribution in [0.3, 0.4) is 0 Å². The van der Waals surface area contributed by atoms with Gasteiger partial charge in [-0.3, -0.25) is 0 Å². The maximum Gasteiger partial charge on any atom is 0.422 e. The number of hydrogen-bond acceptors (Lipinski definition) is 8. The SMILES string of the molecule is O=c1oc(C=c2ccc3c(c2)N=NN=3)c(O)n1Cc1cc(Cl)c(O)c(Cl)n1. The summed E-state index contributed by atoms with van der Waals surface area (Å²) in [7, 11) is 0. The lowest BCUT2D eigenvalue weighted by Gasteiger charge is -2.05. The molecule has 0 radical (unpaired) electrons. The van der Waals surface area contributed by atoms with Crippen LogP contribution in [0.5, 0.6) is 11.6 Å². The Morgan fingerprint density at radius 3 is 2.81 bits per heavy atom. The summed E-state index contributed by atoms with van der Waals surface area (Å²) in [6.45, 7) is -0.154. The van der Waals surface area contributed by atoms with Crippen molar-refractivity contribution in [2.75, 3.05) is 0 Å². The van der Waals surface area contributed by atoms with Crippen molar-refractivity contribution in [2.24, 2.45) is 15.4 Å². The number of nitrogens with zero attached hydrogens (tertiary/aromatic N) is 5. The van der Waals surface area contributed by atoms with Crippen molar-refractivity contribution in [1.82, 2.24) is 9.55 Å². The number of fused-ring (bicyclic) bond motifs is 1. The van der Waals surface area contributed by atoms with Crippen LogP contribution in [0, 0.1) is 0 Å². The van der Waals surface area contributed by atoms with Crippen molar-refractivity contribution in [3.05, 3.63) is 67.0 Å². The van der Waals surface area contributed by atoms with Gasteiger partial charge in [-0.15, -0.1) is 10.2 Å². The largest absolute Gasteiger partial charge is 0.504 e. The number of aromatic nitrogens is 2. The Balaban J connectivity index is 1.73. The van der Waals surface area contributed by atoms with Gasteiger partial charge in [0.05, 0.1) is 17.3 Å². The summed E-state index contributed by atoms with van der Waals surface area (Å²) in [5, 5.41) is 32.2. The first kappa shape index (κ1) is 17.3. The van der Waals surface area contributed by atoms with Gasteiger partial charge in [-0.05, 0) is 34.7 Å². The van der Waals surface area contributed by atoms with E-state index in [-0.39, 0.29) is 33.9 Å². The molecule has 9 nitrogen and oxygen atoms in total. The molecule has 0 amide bonds. The lowest BCUT2D eigenvalue weighted by atomic mass is 10.2. The minimum absolute atomic E-state index is 0.0226. The first-order chi connectivity index (χ1) is 12.9. The fourth-order valence-corrected chi connectivity index (χ4v) is 2.95. The Bertz CT molecular complexity index is 1260. The predicted octanol–water partition coefficient (Wildman–Crippen LogP) is 2.06. The van der Waals surface area contributed by atoms with Crippen molar-refractivity contribution in [2.45, 2.75) is 6.54 Å². The monoisotopic (exact) mass is 405 g/mol. The van der Waals surface area contributed by atoms with E-state index in [0.717, 1.165) is 4.57 Å². The molecule has 1 aliphatic heterocycles. The summed E-state index contributed by atoms with van der Waals surface area (Å²) in [5.41, 5.74) is 0.828. The molecule has 0 aliphatic carbocycles. The van der Waals surface area contributed by atoms with Gasteiger partial charge in [0.1, 0.15) is 11.0 Å². The molecule has 2 aromatic heterocycles. The number of rotatable bonds is 3. The molecule has 0 fully saturated rings. The second-order valence-corrected chi connectivity index (χ2v) is 6.32. The third kappa shape index (κ3) is 3.18. The predicted molar refractivity (Wildman–Crippen MR) is 95.0 cm³/mol. The summed E-state index contributed by atoms with van der Waals surface area (Å²) < 4.78 is 6.06. The van der Waals surface area contributed by atoms with Crippen LogP contribution in [0.25, 0.3) is 6.08 Å². The molecule has 0 unspecified atom stereocenters. The van der Waals surface area contributed by atoms with Crippen LogP contribution in [0.15, 0.2) is 48.9 Å². The molecular formula is C16H9Cl2N5O4. The third-order valence-corrected chi connectivity index (χ3v) is 4.32. The Hall–Kier alpha value is -3.17. The van der Waals surface area contributed by atoms with Crippen LogP contribution in [-0.4, -0.2) is 19.8 Å². The summed E-state index contributed by atoms with van der Waals surface area (Å²) in [4.78, 5) is 16.0. The van der Waals surface area contributed by atoms with Gasteiger partial charge in [-0.25, -0.2) is 14.3 Å². The zero-order valence-corrected chi connectivity index (χ0v) is 14.8. The van der Waals surface area contributed by atoms with Crippen molar-refractivity contribution in [1.29, 1.82) is 0 Å². The van der Waals surface area contributed by atoms with Crippen LogP contribution in [0.2, 0.25) is 10.2 Å². The van der Waals surface area contributed by atoms with E-state index in [1.807, 2.05) is 0 Å². The number of oxazole rings is 1. The van der Waals surface area contributed by atoms with Crippen LogP contribution < -0.4 is 16.3 Å². The number of aromatic hydroxyl groups is 2. The van der Waals surface area contributed by atoms with Gasteiger partial charge in [0.15, 0.2) is 16.7 Å². The van der Waals surface area contributed by atoms with Gasteiger partial charge in [-0.1, -0.05) is 29.3 Å². The molecule has 0 atom stereocenters. The highest BCUT2D eigenvalue weighted by molar-refractivity contribution is 6.36. The van der Waals surface area contributed by atoms with Crippen molar-refractivity contribution < 1.29 is 14.6 Å². The molecule has 1 aliphatic rings. The molecule has 0 spiro atoms. The quantitative estimate of drug-likeness (QED) is 0.644. The second-order valence-electron chi connectivity index (χ2n) is 5.56. The first-order valence-corrected chi connectivity index (χ1v) is 8.25. The van der Waals surface area contributed by atoms with Crippen LogP contribution >= 0.6 is 23.2 Å². The summed E-state index contributed by atoms with van der Waals surface area (Å²) in [5.74, 6) is -1.59. The van der Waals surface area contributed by atoms with E-state index in [0.29, 0.717) is 16.3 Å². The summed E-state index contributed by atoms with van der Waals surface area (Å²) in [6, 6.07) is 6.45. The van der Waals surface area contributed by atoms with Gasteiger partial charge >= 0.3 is 5.76 Å². The molecule has 0 saturated heterocycles. The number of benzene rings is 1. The van der Waals surface area contributed by atoms with E-state index < -0.39 is 11.6 Å². The van der Waals surface area contributed by atoms with E-state index in [9.17, 15) is 15.0 Å². The maximum atomic E-state index is 12.1. The van der Waals surface area contributed by atoms with Gasteiger partial charge in [0, 0.05) is 0 Å². The number of hydrogen-bond donors (Lipinski definition) is 2. The normalized spacial score (nSPS) is 13.0. The lowest BCUT2D eigenvalue weighted by Crippen LogP contribution is -2.15. The minimum atomic E-state index is -0.795. The lowest BCUT2D eigenvalue weighted by molar-refractivity contribution is 0.419. The highest BCUT2D eigenvalue weighted by Crippen LogP contribution is 2.30. The fourth-order valence-electron chi connectivity index (χ4n) is 2.48. The molecular weight excluding hydrogens is 397 g/mol. The highest BCUT2D eigenvalue weighted by Gasteiger charge is 2.17. The van der Waals surface area contributed by atoms with Gasteiger partial charge < -0.3 is 14.6 Å². The molecule has 0 bridgehead atoms. The Morgan fingerprint density at radius 1 is 1.22 bits per heavy atom. The first-order valence-electron chi connectivity index (χ1n) is 7.49. The van der Waals surface area contributed by atoms with E-state index in [1.54, 1.807) is 18.2 Å². The van der Waals surface area contributed by atoms with Gasteiger partial charge in [-0.2, -0.15) is 0 Å². The Labute approximate surface area is 160 Å². The average Bonchev–Trinajstić information content (AvgIpc) is 3.19. The molecule has 1 aromatic carbocycles. The van der Waals surface area contributed by atoms with Crippen LogP contribution in [0.4, 0.5) is 5.69 Å². The van der Waals surface area contributed by atoms with Gasteiger partial charge in [0.2, 0.25) is 5.88 Å². The Kier molecular flexibility index (Phi) is 4.17. The van der Waals surface area contributed by atoms with Crippen LogP contribution in [0.1, 0.15) is 11.5 Å². The smallest absolute Gasteiger partial charge is 0.422 e. The minimum Gasteiger partial charge on any atom is -0.504 e. The van der Waals surface area contributed by atoms with E-state index in [2.05, 4.69) is 20.4 Å². The van der Waals surface area contributed by atoms with Crippen molar-refractivity contribution in [3.8, 4) is 11.6 Å². The molecule has 0 saturated carbocycles. The fraction of sp³-hybridized carbons (Fsp3) is 0.0625. The van der Waals surface area contributed by atoms with Crippen molar-refractivity contribution >= 4 is 35.0 Å². The molecule has 11 heteroatoms. The van der Waals surface area contributed by atoms with E-state index in [1.165, 1.54) is 12.1 Å². The van der Waals surface area contributed by atoms with E-state index >= 15 is 0 Å². The van der Waals surface area contributed by atoms with E-state index in [4.69, 9.17) is 27.6 Å². The highest BCUT2D eigenvalue weighted by atomic mass is 35.5. The Morgan fingerprint density at radius 2 is 2.04 bits per heavy atom. The molecule has 27 heavy (non-hydrogen) atoms. The summed E-state index contributed by atoms with van der Waals surface area (Å²) in [6.07, 6.45) is 1.48. The third-order valence-electron chi connectivity index (χ3n) is 3.77. The molecule has 4 rings (SSSR count). The maximum absolute atomic E-state index is 12.1. The topological polar surface area (TPSA) is 126 Å². The molecule has 3 heterocycles. The molecule has 2 N–H and O–H groups in total. The molecule has 3 aromatic rings. The van der Waals surface area contributed by atoms with Crippen LogP contribution in [-0.2, 0) is 6.54 Å². The number of pyridine rings is 1. The second kappa shape index (κ2) is 6.53. The summed E-state index contributed by atoms with van der Waals surface area (Å²) >= 11 is 11.6. The standard InChI is InChI=1S/C16H9Cl2N5O4/c17-9-5-8(19-14(18)13(9)24)6-23-15(25)12(27-16(23)26)4-7-1-2-10-11(3-7)21-22-20-10/h1-5,24-25H,6H2. The van der Waals surface area contributed by atoms with Gasteiger partial charge in [0.25, 0.3) is 0 Å². The van der Waals surface area contributed by atoms with Crippen molar-refractivity contribution in [3.63, 3.8) is 0 Å². The molecule has 136 valence electrons. The average molecular weight is 406 g/mol. The zero-order chi connectivity index (χ0) is 19.1.